The molecule has 4 nitrogen and oxygen atoms in total. The van der Waals surface area contributed by atoms with Crippen LogP contribution in [-0.2, 0) is 16.9 Å². The molecule has 1 aliphatic rings. The van der Waals surface area contributed by atoms with Gasteiger partial charge < -0.3 is 9.64 Å². The number of hydrogen-bond donors (Lipinski definition) is 0. The Morgan fingerprint density at radius 1 is 1.30 bits per heavy atom. The van der Waals surface area contributed by atoms with Gasteiger partial charge in [0, 0.05) is 20.6 Å². The Hall–Kier alpha value is -2.71. The first-order chi connectivity index (χ1) is 13.0. The van der Waals surface area contributed by atoms with E-state index in [4.69, 9.17) is 4.74 Å². The fourth-order valence-electron chi connectivity index (χ4n) is 3.66. The van der Waals surface area contributed by atoms with Crippen molar-refractivity contribution in [1.29, 1.82) is 5.26 Å². The molecule has 0 N–H and O–H groups in total. The maximum absolute atomic E-state index is 13.5. The van der Waals surface area contributed by atoms with Gasteiger partial charge in [-0.3, -0.25) is 4.99 Å². The molecule has 0 aliphatic carbocycles. The van der Waals surface area contributed by atoms with Gasteiger partial charge in [0.1, 0.15) is 11.4 Å². The van der Waals surface area contributed by atoms with E-state index in [1.165, 1.54) is 12.1 Å². The lowest BCUT2D eigenvalue weighted by molar-refractivity contribution is -0.0136. The third-order valence-corrected chi connectivity index (χ3v) is 5.35. The van der Waals surface area contributed by atoms with E-state index < -0.39 is 5.60 Å². The van der Waals surface area contributed by atoms with Crippen LogP contribution in [0.25, 0.3) is 0 Å². The van der Waals surface area contributed by atoms with Crippen molar-refractivity contribution >= 4 is 5.84 Å². The standard InChI is InChI=1S/C22H24FN3O/c1-16(25-2)26(3)12-4-11-22(19-6-8-20(23)9-7-19)21-10-5-17(14-24)13-18(21)15-27-22/h5-10,13H,4,11-12,15H2,1-3H3/b25-16+. The number of fused-ring (bicyclic) bond motifs is 1. The number of hydrogen-bond acceptors (Lipinski definition) is 3. The second-order valence-corrected chi connectivity index (χ2v) is 6.90. The van der Waals surface area contributed by atoms with Gasteiger partial charge in [-0.1, -0.05) is 18.2 Å². The summed E-state index contributed by atoms with van der Waals surface area (Å²) in [5, 5.41) is 9.18. The van der Waals surface area contributed by atoms with Crippen molar-refractivity contribution in [3.05, 3.63) is 70.5 Å². The van der Waals surface area contributed by atoms with Gasteiger partial charge in [0.25, 0.3) is 0 Å². The molecule has 0 saturated heterocycles. The Bertz CT molecular complexity index is 885. The molecule has 140 valence electrons. The molecule has 0 spiro atoms. The number of nitrogens with zero attached hydrogens (tertiary/aromatic N) is 3. The third kappa shape index (κ3) is 3.72. The van der Waals surface area contributed by atoms with E-state index in [1.807, 2.05) is 32.2 Å². The summed E-state index contributed by atoms with van der Waals surface area (Å²) >= 11 is 0. The molecule has 0 aromatic heterocycles. The van der Waals surface area contributed by atoms with E-state index in [2.05, 4.69) is 16.0 Å². The van der Waals surface area contributed by atoms with Crippen molar-refractivity contribution in [2.24, 2.45) is 4.99 Å². The third-order valence-electron chi connectivity index (χ3n) is 5.35. The van der Waals surface area contributed by atoms with Crippen LogP contribution in [0, 0.1) is 17.1 Å². The minimum absolute atomic E-state index is 0.263. The molecule has 5 heteroatoms. The Morgan fingerprint density at radius 2 is 2.04 bits per heavy atom. The van der Waals surface area contributed by atoms with Crippen LogP contribution in [0.3, 0.4) is 0 Å². The Morgan fingerprint density at radius 3 is 2.70 bits per heavy atom. The van der Waals surface area contributed by atoms with Gasteiger partial charge >= 0.3 is 0 Å². The molecule has 0 radical (unpaired) electrons. The van der Waals surface area contributed by atoms with Crippen molar-refractivity contribution in [2.45, 2.75) is 32.0 Å². The van der Waals surface area contributed by atoms with Gasteiger partial charge in [-0.25, -0.2) is 4.39 Å². The molecule has 1 atom stereocenters. The van der Waals surface area contributed by atoms with Gasteiger partial charge in [0.15, 0.2) is 0 Å². The van der Waals surface area contributed by atoms with Crippen LogP contribution in [0.15, 0.2) is 47.5 Å². The zero-order chi connectivity index (χ0) is 19.4. The molecule has 0 bridgehead atoms. The molecular formula is C22H24FN3O. The van der Waals surface area contributed by atoms with Gasteiger partial charge in [-0.2, -0.15) is 5.26 Å². The molecule has 0 saturated carbocycles. The zero-order valence-electron chi connectivity index (χ0n) is 16.0. The average molecular weight is 365 g/mol. The van der Waals surface area contributed by atoms with Crippen LogP contribution >= 0.6 is 0 Å². The first-order valence-corrected chi connectivity index (χ1v) is 9.08. The average Bonchev–Trinajstić information content (AvgIpc) is 3.06. The zero-order valence-corrected chi connectivity index (χ0v) is 16.0. The van der Waals surface area contributed by atoms with Crippen molar-refractivity contribution in [3.63, 3.8) is 0 Å². The minimum atomic E-state index is -0.616. The van der Waals surface area contributed by atoms with E-state index in [0.717, 1.165) is 41.9 Å². The highest BCUT2D eigenvalue weighted by molar-refractivity contribution is 5.79. The molecule has 2 aromatic rings. The second kappa shape index (κ2) is 7.89. The van der Waals surface area contributed by atoms with Crippen molar-refractivity contribution in [1.82, 2.24) is 4.90 Å². The summed E-state index contributed by atoms with van der Waals surface area (Å²) in [5.41, 5.74) is 3.04. The van der Waals surface area contributed by atoms with Crippen LogP contribution < -0.4 is 0 Å². The fraction of sp³-hybridized carbons (Fsp3) is 0.364. The van der Waals surface area contributed by atoms with E-state index in [-0.39, 0.29) is 5.82 Å². The summed E-state index contributed by atoms with van der Waals surface area (Å²) < 4.78 is 19.8. The molecule has 1 unspecified atom stereocenters. The molecule has 1 heterocycles. The Kier molecular flexibility index (Phi) is 5.57. The largest absolute Gasteiger partial charge is 0.364 e. The number of nitriles is 1. The fourth-order valence-corrected chi connectivity index (χ4v) is 3.66. The first-order valence-electron chi connectivity index (χ1n) is 9.08. The van der Waals surface area contributed by atoms with Crippen molar-refractivity contribution < 1.29 is 9.13 Å². The molecule has 3 rings (SSSR count). The van der Waals surface area contributed by atoms with E-state index in [0.29, 0.717) is 12.2 Å². The maximum Gasteiger partial charge on any atom is 0.123 e. The molecule has 0 amide bonds. The smallest absolute Gasteiger partial charge is 0.123 e. The normalized spacial score (nSPS) is 18.9. The second-order valence-electron chi connectivity index (χ2n) is 6.90. The predicted molar refractivity (Wildman–Crippen MR) is 104 cm³/mol. The van der Waals surface area contributed by atoms with Crippen LogP contribution in [0.2, 0.25) is 0 Å². The summed E-state index contributed by atoms with van der Waals surface area (Å²) in [4.78, 5) is 6.34. The molecular weight excluding hydrogens is 341 g/mol. The number of rotatable bonds is 5. The number of amidine groups is 1. The van der Waals surface area contributed by atoms with Gasteiger partial charge in [0.05, 0.1) is 24.1 Å². The molecule has 27 heavy (non-hydrogen) atoms. The van der Waals surface area contributed by atoms with Crippen LogP contribution in [0.1, 0.15) is 42.0 Å². The lowest BCUT2D eigenvalue weighted by atomic mass is 9.81. The van der Waals surface area contributed by atoms with Crippen molar-refractivity contribution in [3.8, 4) is 6.07 Å². The van der Waals surface area contributed by atoms with Gasteiger partial charge in [-0.15, -0.1) is 0 Å². The summed E-state index contributed by atoms with van der Waals surface area (Å²) in [5.74, 6) is 0.721. The Labute approximate surface area is 159 Å². The highest BCUT2D eigenvalue weighted by Crippen LogP contribution is 2.45. The summed E-state index contributed by atoms with van der Waals surface area (Å²) in [7, 11) is 3.81. The van der Waals surface area contributed by atoms with Crippen LogP contribution in [-0.4, -0.2) is 31.4 Å². The van der Waals surface area contributed by atoms with E-state index >= 15 is 0 Å². The number of benzene rings is 2. The predicted octanol–water partition coefficient (Wildman–Crippen LogP) is 4.23. The summed E-state index contributed by atoms with van der Waals surface area (Å²) in [6, 6.07) is 14.4. The van der Waals surface area contributed by atoms with E-state index in [9.17, 15) is 9.65 Å². The Balaban J connectivity index is 1.93. The molecule has 0 fully saturated rings. The number of halogens is 1. The van der Waals surface area contributed by atoms with Crippen molar-refractivity contribution in [2.75, 3.05) is 20.6 Å². The summed E-state index contributed by atoms with van der Waals surface area (Å²) in [6.45, 7) is 3.29. The number of aliphatic imine (C=N–C) groups is 1. The summed E-state index contributed by atoms with van der Waals surface area (Å²) in [6.07, 6.45) is 1.65. The van der Waals surface area contributed by atoms with Gasteiger partial charge in [-0.05, 0) is 60.7 Å². The molecule has 2 aromatic carbocycles. The lowest BCUT2D eigenvalue weighted by Crippen LogP contribution is -2.30. The monoisotopic (exact) mass is 365 g/mol. The maximum atomic E-state index is 13.5. The first kappa shape index (κ1) is 19.1. The van der Waals surface area contributed by atoms with Gasteiger partial charge in [0.2, 0.25) is 0 Å². The lowest BCUT2D eigenvalue weighted by Gasteiger charge is -2.31. The van der Waals surface area contributed by atoms with Crippen LogP contribution in [0.4, 0.5) is 4.39 Å². The number of ether oxygens (including phenoxy) is 1. The van der Waals surface area contributed by atoms with Crippen LogP contribution in [0.5, 0.6) is 0 Å². The molecule has 1 aliphatic heterocycles. The van der Waals surface area contributed by atoms with E-state index in [1.54, 1.807) is 19.2 Å². The topological polar surface area (TPSA) is 48.6 Å². The minimum Gasteiger partial charge on any atom is -0.364 e. The highest BCUT2D eigenvalue weighted by Gasteiger charge is 2.41. The highest BCUT2D eigenvalue weighted by atomic mass is 19.1. The SMILES string of the molecule is C/N=C(\C)N(C)CCCC1(c2ccc(F)cc2)OCc2cc(C#N)ccc21. The quantitative estimate of drug-likeness (QED) is 0.588.